The fourth-order valence-corrected chi connectivity index (χ4v) is 2.37. The summed E-state index contributed by atoms with van der Waals surface area (Å²) in [6.07, 6.45) is -2.35. The van der Waals surface area contributed by atoms with E-state index in [2.05, 4.69) is 11.9 Å². The lowest BCUT2D eigenvalue weighted by Gasteiger charge is -2.41. The fourth-order valence-electron chi connectivity index (χ4n) is 2.37. The monoisotopic (exact) mass is 346 g/mol. The Morgan fingerprint density at radius 3 is 2.58 bits per heavy atom. The molecule has 0 aromatic carbocycles. The molecule has 0 saturated carbocycles. The molecule has 0 fully saturated rings. The standard InChI is InChI=1S/C14H22N2O8/c1-3-4-16(23)8-5-10(14(21)22)24-13(11(8)15-7(2)18)12(20)9(19)6-17/h3,5,8-9,11-13,17,19-20,23H,1,4,6H2,2H3,(H,15,18)(H,21,22)/t8-,9-,11+,12-,13+/m0/s1. The average molecular weight is 346 g/mol. The van der Waals surface area contributed by atoms with Gasteiger partial charge in [0.15, 0.2) is 0 Å². The Labute approximate surface area is 138 Å². The highest BCUT2D eigenvalue weighted by molar-refractivity contribution is 5.84. The van der Waals surface area contributed by atoms with Crippen LogP contribution in [0, 0.1) is 0 Å². The zero-order valence-corrected chi connectivity index (χ0v) is 13.1. The van der Waals surface area contributed by atoms with Crippen molar-refractivity contribution in [3.05, 3.63) is 24.5 Å². The molecule has 10 nitrogen and oxygen atoms in total. The molecule has 0 aromatic heterocycles. The minimum Gasteiger partial charge on any atom is -0.478 e. The molecule has 1 heterocycles. The molecule has 1 aliphatic rings. The SMILES string of the molecule is C=CCN(O)[C@H]1C=C(C(=O)O)O[C@@H]([C@@H](O)[C@@H](O)CO)[C@@H]1NC(C)=O. The molecule has 1 amide bonds. The Hall–Kier alpha value is -1.98. The van der Waals surface area contributed by atoms with Gasteiger partial charge in [-0.15, -0.1) is 6.58 Å². The maximum atomic E-state index is 11.4. The van der Waals surface area contributed by atoms with Gasteiger partial charge in [0.2, 0.25) is 11.7 Å². The van der Waals surface area contributed by atoms with E-state index >= 15 is 0 Å². The van der Waals surface area contributed by atoms with Gasteiger partial charge in [-0.25, -0.2) is 4.79 Å². The number of aliphatic hydroxyl groups is 3. The van der Waals surface area contributed by atoms with Crippen LogP contribution in [0.3, 0.4) is 0 Å². The highest BCUT2D eigenvalue weighted by Crippen LogP contribution is 2.25. The van der Waals surface area contributed by atoms with Gasteiger partial charge >= 0.3 is 5.97 Å². The van der Waals surface area contributed by atoms with Gasteiger partial charge in [0, 0.05) is 13.5 Å². The van der Waals surface area contributed by atoms with Crippen molar-refractivity contribution >= 4 is 11.9 Å². The summed E-state index contributed by atoms with van der Waals surface area (Å²) in [5.74, 6) is -2.55. The molecule has 0 radical (unpaired) electrons. The van der Waals surface area contributed by atoms with Gasteiger partial charge in [-0.2, -0.15) is 5.06 Å². The van der Waals surface area contributed by atoms with E-state index in [-0.39, 0.29) is 6.54 Å². The van der Waals surface area contributed by atoms with Crippen molar-refractivity contribution in [1.29, 1.82) is 0 Å². The Morgan fingerprint density at radius 1 is 1.50 bits per heavy atom. The van der Waals surface area contributed by atoms with Gasteiger partial charge in [-0.05, 0) is 6.08 Å². The van der Waals surface area contributed by atoms with Crippen molar-refractivity contribution in [1.82, 2.24) is 10.4 Å². The van der Waals surface area contributed by atoms with Gasteiger partial charge < -0.3 is 35.7 Å². The first kappa shape index (κ1) is 20.1. The van der Waals surface area contributed by atoms with Gasteiger partial charge in [-0.3, -0.25) is 4.79 Å². The normalized spacial score (nSPS) is 26.1. The molecular weight excluding hydrogens is 324 g/mol. The van der Waals surface area contributed by atoms with Crippen LogP contribution in [-0.2, 0) is 14.3 Å². The predicted molar refractivity (Wildman–Crippen MR) is 79.8 cm³/mol. The number of ether oxygens (including phenoxy) is 1. The number of hydroxylamine groups is 2. The van der Waals surface area contributed by atoms with Crippen LogP contribution in [0.4, 0.5) is 0 Å². The molecule has 0 unspecified atom stereocenters. The lowest BCUT2D eigenvalue weighted by molar-refractivity contribution is -0.165. The molecule has 10 heteroatoms. The number of carbonyl (C=O) groups excluding carboxylic acids is 1. The molecule has 6 N–H and O–H groups in total. The highest BCUT2D eigenvalue weighted by Gasteiger charge is 2.45. The van der Waals surface area contributed by atoms with E-state index in [1.165, 1.54) is 13.0 Å². The third kappa shape index (κ3) is 4.76. The van der Waals surface area contributed by atoms with Crippen LogP contribution in [-0.4, -0.2) is 86.1 Å². The predicted octanol–water partition coefficient (Wildman–Crippen LogP) is -2.18. The number of carboxylic acids is 1. The van der Waals surface area contributed by atoms with E-state index < -0.39 is 54.6 Å². The molecule has 24 heavy (non-hydrogen) atoms. The molecule has 136 valence electrons. The topological polar surface area (TPSA) is 160 Å². The molecule has 0 aliphatic carbocycles. The third-order valence-electron chi connectivity index (χ3n) is 3.47. The molecule has 0 bridgehead atoms. The number of aliphatic hydroxyl groups excluding tert-OH is 3. The van der Waals surface area contributed by atoms with Gasteiger partial charge in [-0.1, -0.05) is 6.08 Å². The van der Waals surface area contributed by atoms with Crippen LogP contribution < -0.4 is 5.32 Å². The largest absolute Gasteiger partial charge is 0.478 e. The summed E-state index contributed by atoms with van der Waals surface area (Å²) in [5.41, 5.74) is 0. The van der Waals surface area contributed by atoms with Crippen LogP contribution in [0.1, 0.15) is 6.92 Å². The molecular formula is C14H22N2O8. The number of hydrogen-bond donors (Lipinski definition) is 6. The summed E-state index contributed by atoms with van der Waals surface area (Å²) >= 11 is 0. The van der Waals surface area contributed by atoms with E-state index in [0.29, 0.717) is 5.06 Å². The zero-order chi connectivity index (χ0) is 18.4. The van der Waals surface area contributed by atoms with Crippen molar-refractivity contribution < 1.29 is 40.0 Å². The van der Waals surface area contributed by atoms with Crippen LogP contribution in [0.15, 0.2) is 24.5 Å². The number of nitrogens with one attached hydrogen (secondary N) is 1. The number of hydrogen-bond acceptors (Lipinski definition) is 8. The smallest absolute Gasteiger partial charge is 0.370 e. The van der Waals surface area contributed by atoms with Gasteiger partial charge in [0.05, 0.1) is 18.7 Å². The van der Waals surface area contributed by atoms with Crippen LogP contribution in [0.2, 0.25) is 0 Å². The quantitative estimate of drug-likeness (QED) is 0.212. The first-order valence-electron chi connectivity index (χ1n) is 7.15. The lowest BCUT2D eigenvalue weighted by Crippen LogP contribution is -2.63. The summed E-state index contributed by atoms with van der Waals surface area (Å²) in [4.78, 5) is 22.7. The first-order valence-corrected chi connectivity index (χ1v) is 7.15. The van der Waals surface area contributed by atoms with E-state index in [4.69, 9.17) is 14.9 Å². The summed E-state index contributed by atoms with van der Waals surface area (Å²) in [7, 11) is 0. The van der Waals surface area contributed by atoms with E-state index in [1.54, 1.807) is 0 Å². The fraction of sp³-hybridized carbons (Fsp3) is 0.571. The molecule has 0 saturated heterocycles. The maximum absolute atomic E-state index is 11.4. The maximum Gasteiger partial charge on any atom is 0.370 e. The second-order valence-electron chi connectivity index (χ2n) is 5.29. The third-order valence-corrected chi connectivity index (χ3v) is 3.47. The lowest BCUT2D eigenvalue weighted by atomic mass is 9.91. The number of rotatable bonds is 8. The minimum atomic E-state index is -1.71. The summed E-state index contributed by atoms with van der Waals surface area (Å²) in [6, 6.07) is -2.16. The summed E-state index contributed by atoms with van der Waals surface area (Å²) in [6.45, 7) is 3.78. The van der Waals surface area contributed by atoms with E-state index in [9.17, 15) is 25.0 Å². The van der Waals surface area contributed by atoms with Crippen molar-refractivity contribution in [2.75, 3.05) is 13.2 Å². The number of amides is 1. The van der Waals surface area contributed by atoms with E-state index in [1.807, 2.05) is 0 Å². The Bertz CT molecular complexity index is 509. The average Bonchev–Trinajstić information content (AvgIpc) is 2.52. The van der Waals surface area contributed by atoms with E-state index in [0.717, 1.165) is 6.08 Å². The second kappa shape index (κ2) is 8.76. The zero-order valence-electron chi connectivity index (χ0n) is 13.1. The molecule has 0 aromatic rings. The number of aliphatic carboxylic acids is 1. The minimum absolute atomic E-state index is 0.0600. The molecule has 1 rings (SSSR count). The van der Waals surface area contributed by atoms with Crippen molar-refractivity contribution in [2.24, 2.45) is 0 Å². The number of carboxylic acid groups (broad SMARTS) is 1. The molecule has 0 spiro atoms. The van der Waals surface area contributed by atoms with Crippen LogP contribution in [0.25, 0.3) is 0 Å². The molecule has 5 atom stereocenters. The Balaban J connectivity index is 3.28. The van der Waals surface area contributed by atoms with Crippen molar-refractivity contribution in [2.45, 2.75) is 37.3 Å². The van der Waals surface area contributed by atoms with Crippen LogP contribution >= 0.6 is 0 Å². The molecule has 1 aliphatic heterocycles. The Kier molecular flexibility index (Phi) is 7.32. The number of carbonyl (C=O) groups is 2. The van der Waals surface area contributed by atoms with Crippen LogP contribution in [0.5, 0.6) is 0 Å². The van der Waals surface area contributed by atoms with Gasteiger partial charge in [0.1, 0.15) is 18.3 Å². The van der Waals surface area contributed by atoms with Crippen molar-refractivity contribution in [3.8, 4) is 0 Å². The number of nitrogens with zero attached hydrogens (tertiary/aromatic N) is 1. The van der Waals surface area contributed by atoms with Gasteiger partial charge in [0.25, 0.3) is 0 Å². The van der Waals surface area contributed by atoms with Crippen molar-refractivity contribution in [3.63, 3.8) is 0 Å². The summed E-state index contributed by atoms with van der Waals surface area (Å²) < 4.78 is 5.17. The first-order chi connectivity index (χ1) is 11.2. The second-order valence-corrected chi connectivity index (χ2v) is 5.29. The summed E-state index contributed by atoms with van der Waals surface area (Å²) in [5, 5.41) is 51.1. The Morgan fingerprint density at radius 2 is 2.12 bits per heavy atom. The highest BCUT2D eigenvalue weighted by atomic mass is 16.5.